The third-order valence-electron chi connectivity index (χ3n) is 9.03. The highest BCUT2D eigenvalue weighted by molar-refractivity contribution is 5.77. The molecule has 0 amide bonds. The minimum Gasteiger partial charge on any atom is -0.345 e. The summed E-state index contributed by atoms with van der Waals surface area (Å²) >= 11 is 0. The van der Waals surface area contributed by atoms with Crippen LogP contribution in [-0.4, -0.2) is 12.6 Å². The first-order valence-electron chi connectivity index (χ1n) is 16.0. The predicted octanol–water partition coefficient (Wildman–Crippen LogP) is 11.9. The predicted molar refractivity (Wildman–Crippen MR) is 197 cm³/mol. The molecule has 0 N–H and O–H groups in total. The normalized spacial score (nSPS) is 15.4. The molecule has 0 saturated carbocycles. The van der Waals surface area contributed by atoms with Crippen molar-refractivity contribution in [2.24, 2.45) is 0 Å². The van der Waals surface area contributed by atoms with Crippen molar-refractivity contribution in [3.8, 4) is 33.4 Å². The first-order valence-corrected chi connectivity index (χ1v) is 16.0. The van der Waals surface area contributed by atoms with E-state index in [1.165, 1.54) is 44.8 Å². The van der Waals surface area contributed by atoms with Gasteiger partial charge in [0.05, 0.1) is 5.54 Å². The second kappa shape index (κ2) is 12.8. The summed E-state index contributed by atoms with van der Waals surface area (Å²) in [5.41, 5.74) is 11.8. The van der Waals surface area contributed by atoms with Crippen molar-refractivity contribution in [1.82, 2.24) is 0 Å². The summed E-state index contributed by atoms with van der Waals surface area (Å²) in [5.74, 6) is 0. The molecule has 2 nitrogen and oxygen atoms in total. The molecule has 1 aliphatic carbocycles. The lowest BCUT2D eigenvalue weighted by atomic mass is 9.89. The quantitative estimate of drug-likeness (QED) is 0.173. The summed E-state index contributed by atoms with van der Waals surface area (Å²) in [7, 11) is 2.12. The molecule has 6 aromatic rings. The number of hydrogen-bond acceptors (Lipinski definition) is 2. The monoisotopic (exact) mass is 594 g/mol. The minimum absolute atomic E-state index is 0.183. The Morgan fingerprint density at radius 2 is 0.891 bits per heavy atom. The fourth-order valence-corrected chi connectivity index (χ4v) is 6.41. The molecule has 1 atom stereocenters. The molecule has 0 heterocycles. The van der Waals surface area contributed by atoms with Crippen molar-refractivity contribution in [3.05, 3.63) is 182 Å². The van der Waals surface area contributed by atoms with Gasteiger partial charge in [-0.15, -0.1) is 0 Å². The lowest BCUT2D eigenvalue weighted by Crippen LogP contribution is -2.42. The van der Waals surface area contributed by atoms with Gasteiger partial charge in [-0.1, -0.05) is 133 Å². The van der Waals surface area contributed by atoms with Crippen molar-refractivity contribution < 1.29 is 0 Å². The van der Waals surface area contributed by atoms with Gasteiger partial charge in [-0.3, -0.25) is 0 Å². The number of hydrogen-bond donors (Lipinski definition) is 0. The molecular formula is C44H38N2. The highest BCUT2D eigenvalue weighted by atomic mass is 15.2. The van der Waals surface area contributed by atoms with Gasteiger partial charge in [-0.25, -0.2) is 0 Å². The Morgan fingerprint density at radius 3 is 1.39 bits per heavy atom. The summed E-state index contributed by atoms with van der Waals surface area (Å²) in [6.07, 6.45) is 9.83. The van der Waals surface area contributed by atoms with Gasteiger partial charge < -0.3 is 9.80 Å². The van der Waals surface area contributed by atoms with Gasteiger partial charge >= 0.3 is 0 Å². The van der Waals surface area contributed by atoms with Crippen LogP contribution in [0.25, 0.3) is 33.4 Å². The van der Waals surface area contributed by atoms with Crippen LogP contribution in [0.4, 0.5) is 22.7 Å². The highest BCUT2D eigenvalue weighted by Crippen LogP contribution is 2.40. The summed E-state index contributed by atoms with van der Waals surface area (Å²) in [6, 6.07) is 56.6. The molecule has 0 spiro atoms. The molecule has 1 aliphatic rings. The van der Waals surface area contributed by atoms with Crippen molar-refractivity contribution in [2.45, 2.75) is 18.9 Å². The van der Waals surface area contributed by atoms with E-state index in [4.69, 9.17) is 0 Å². The molecule has 2 heteroatoms. The Hall–Kier alpha value is -5.60. The third kappa shape index (κ3) is 6.03. The van der Waals surface area contributed by atoms with Crippen molar-refractivity contribution in [1.29, 1.82) is 0 Å². The van der Waals surface area contributed by atoms with E-state index in [0.29, 0.717) is 0 Å². The average molecular weight is 595 g/mol. The molecule has 0 aromatic heterocycles. The van der Waals surface area contributed by atoms with Crippen LogP contribution < -0.4 is 9.80 Å². The average Bonchev–Trinajstić information content (AvgIpc) is 3.13. The number of rotatable bonds is 8. The maximum absolute atomic E-state index is 2.48. The standard InChI is InChI=1S/C44H38N2/c1-44(31-10-5-11-32-44)46(43-18-12-17-39(33-43)35-15-8-4-9-16-35)42-29-23-38(24-30-42)37-21-27-41(28-22-37)45(2)40-25-19-36(20-26-40)34-13-6-3-7-14-34/h3-31,33H,32H2,1-2H3. The molecule has 224 valence electrons. The van der Waals surface area contributed by atoms with Gasteiger partial charge in [0.2, 0.25) is 0 Å². The zero-order valence-electron chi connectivity index (χ0n) is 26.4. The maximum Gasteiger partial charge on any atom is 0.0642 e. The summed E-state index contributed by atoms with van der Waals surface area (Å²) < 4.78 is 0. The molecule has 0 saturated heterocycles. The van der Waals surface area contributed by atoms with Gasteiger partial charge in [0.15, 0.2) is 0 Å². The summed E-state index contributed by atoms with van der Waals surface area (Å²) in [5, 5.41) is 0. The van der Waals surface area contributed by atoms with Crippen LogP contribution in [-0.2, 0) is 0 Å². The van der Waals surface area contributed by atoms with E-state index in [-0.39, 0.29) is 5.54 Å². The molecule has 7 rings (SSSR count). The molecular weight excluding hydrogens is 556 g/mol. The molecule has 0 fully saturated rings. The van der Waals surface area contributed by atoms with Crippen LogP contribution >= 0.6 is 0 Å². The molecule has 0 bridgehead atoms. The van der Waals surface area contributed by atoms with Gasteiger partial charge in [0.1, 0.15) is 0 Å². The molecule has 46 heavy (non-hydrogen) atoms. The van der Waals surface area contributed by atoms with Crippen LogP contribution in [0, 0.1) is 0 Å². The van der Waals surface area contributed by atoms with E-state index >= 15 is 0 Å². The van der Waals surface area contributed by atoms with Gasteiger partial charge in [-0.05, 0) is 95.3 Å². The third-order valence-corrected chi connectivity index (χ3v) is 9.03. The fourth-order valence-electron chi connectivity index (χ4n) is 6.41. The second-order valence-electron chi connectivity index (χ2n) is 12.2. The van der Waals surface area contributed by atoms with Crippen molar-refractivity contribution >= 4 is 22.7 Å². The minimum atomic E-state index is -0.183. The van der Waals surface area contributed by atoms with Gasteiger partial charge in [-0.2, -0.15) is 0 Å². The first kappa shape index (κ1) is 29.1. The zero-order valence-corrected chi connectivity index (χ0v) is 26.4. The smallest absolute Gasteiger partial charge is 0.0642 e. The number of allylic oxidation sites excluding steroid dienone is 2. The second-order valence-corrected chi connectivity index (χ2v) is 12.2. The largest absolute Gasteiger partial charge is 0.345 e. The Balaban J connectivity index is 1.13. The van der Waals surface area contributed by atoms with Crippen LogP contribution in [0.1, 0.15) is 13.3 Å². The topological polar surface area (TPSA) is 6.48 Å². The fraction of sp³-hybridized carbons (Fsp3) is 0.0909. The van der Waals surface area contributed by atoms with Gasteiger partial charge in [0, 0.05) is 29.8 Å². The lowest BCUT2D eigenvalue weighted by molar-refractivity contribution is 0.570. The van der Waals surface area contributed by atoms with E-state index in [9.17, 15) is 0 Å². The summed E-state index contributed by atoms with van der Waals surface area (Å²) in [4.78, 5) is 4.71. The SMILES string of the molecule is CN(c1ccc(-c2ccccc2)cc1)c1ccc(-c2ccc(N(c3cccc(-c4ccccc4)c3)C3(C)C=CC=CC3)cc2)cc1. The maximum atomic E-state index is 2.48. The Bertz CT molecular complexity index is 1960. The lowest BCUT2D eigenvalue weighted by Gasteiger charge is -2.42. The van der Waals surface area contributed by atoms with Crippen molar-refractivity contribution in [2.75, 3.05) is 16.8 Å². The van der Waals surface area contributed by atoms with E-state index in [1.54, 1.807) is 0 Å². The summed E-state index contributed by atoms with van der Waals surface area (Å²) in [6.45, 7) is 2.32. The first-order chi connectivity index (χ1) is 22.6. The van der Waals surface area contributed by atoms with E-state index in [0.717, 1.165) is 17.8 Å². The molecule has 1 unspecified atom stereocenters. The Labute approximate surface area is 273 Å². The number of anilines is 4. The number of benzene rings is 6. The van der Waals surface area contributed by atoms with Crippen LogP contribution in [0.15, 0.2) is 182 Å². The van der Waals surface area contributed by atoms with Crippen molar-refractivity contribution in [3.63, 3.8) is 0 Å². The van der Waals surface area contributed by atoms with Crippen LogP contribution in [0.5, 0.6) is 0 Å². The van der Waals surface area contributed by atoms with Crippen LogP contribution in [0.2, 0.25) is 0 Å². The Morgan fingerprint density at radius 1 is 0.435 bits per heavy atom. The molecule has 0 aliphatic heterocycles. The molecule has 6 aromatic carbocycles. The van der Waals surface area contributed by atoms with E-state index in [2.05, 4.69) is 206 Å². The zero-order chi connectivity index (χ0) is 31.3. The highest BCUT2D eigenvalue weighted by Gasteiger charge is 2.31. The van der Waals surface area contributed by atoms with Crippen LogP contribution in [0.3, 0.4) is 0 Å². The van der Waals surface area contributed by atoms with E-state index in [1.807, 2.05) is 0 Å². The number of nitrogens with zero attached hydrogens (tertiary/aromatic N) is 2. The van der Waals surface area contributed by atoms with E-state index < -0.39 is 0 Å². The van der Waals surface area contributed by atoms with Gasteiger partial charge in [0.25, 0.3) is 0 Å². The Kier molecular flexibility index (Phi) is 8.10. The molecule has 0 radical (unpaired) electrons.